The van der Waals surface area contributed by atoms with Gasteiger partial charge in [-0.2, -0.15) is 0 Å². The maximum absolute atomic E-state index is 11.0. The van der Waals surface area contributed by atoms with Gasteiger partial charge in [-0.05, 0) is 24.3 Å². The lowest BCUT2D eigenvalue weighted by atomic mass is 10.2. The van der Waals surface area contributed by atoms with Gasteiger partial charge in [-0.25, -0.2) is 0 Å². The molecule has 0 saturated carbocycles. The lowest BCUT2D eigenvalue weighted by molar-refractivity contribution is -0.385. The van der Waals surface area contributed by atoms with Gasteiger partial charge in [0, 0.05) is 22.0 Å². The second-order valence-corrected chi connectivity index (χ2v) is 5.24. The Morgan fingerprint density at radius 1 is 1.25 bits per heavy atom. The second kappa shape index (κ2) is 6.43. The molecule has 0 N–H and O–H groups in total. The summed E-state index contributed by atoms with van der Waals surface area (Å²) < 4.78 is 5.62. The van der Waals surface area contributed by atoms with Crippen LogP contribution in [0, 0.1) is 10.1 Å². The lowest BCUT2D eigenvalue weighted by Crippen LogP contribution is -1.96. The molecular formula is C13H8BrCl2NO3. The molecule has 2 aromatic carbocycles. The third-order valence-corrected chi connectivity index (χ3v) is 3.66. The average Bonchev–Trinajstić information content (AvgIpc) is 2.42. The van der Waals surface area contributed by atoms with Gasteiger partial charge in [0.1, 0.15) is 5.75 Å². The summed E-state index contributed by atoms with van der Waals surface area (Å²) in [5.41, 5.74) is 0.583. The van der Waals surface area contributed by atoms with E-state index in [1.165, 1.54) is 18.2 Å². The average molecular weight is 377 g/mol. The molecule has 0 aliphatic carbocycles. The predicted octanol–water partition coefficient (Wildman–Crippen LogP) is 5.59. The van der Waals surface area contributed by atoms with Crippen molar-refractivity contribution in [1.29, 1.82) is 0 Å². The Balaban J connectivity index is 2.47. The normalized spacial score (nSPS) is 10.3. The lowest BCUT2D eigenvalue weighted by Gasteiger charge is -2.11. The molecule has 4 nitrogen and oxygen atoms in total. The number of hydrogen-bond acceptors (Lipinski definition) is 3. The van der Waals surface area contributed by atoms with Crippen molar-refractivity contribution in [3.05, 3.63) is 62.1 Å². The molecule has 7 heteroatoms. The van der Waals surface area contributed by atoms with E-state index in [1.54, 1.807) is 18.2 Å². The smallest absolute Gasteiger partial charge is 0.313 e. The standard InChI is InChI=1S/C13H8BrCl2NO3/c14-7-8-6-9(15)4-5-12(8)20-13-10(16)2-1-3-11(13)17(18)19/h1-6H,7H2. The molecule has 20 heavy (non-hydrogen) atoms. The first-order valence-corrected chi connectivity index (χ1v) is 7.36. The van der Waals surface area contributed by atoms with Crippen molar-refractivity contribution < 1.29 is 9.66 Å². The monoisotopic (exact) mass is 375 g/mol. The Labute approximate surface area is 133 Å². The molecule has 0 heterocycles. The zero-order valence-corrected chi connectivity index (χ0v) is 13.1. The van der Waals surface area contributed by atoms with Crippen molar-refractivity contribution in [3.8, 4) is 11.5 Å². The summed E-state index contributed by atoms with van der Waals surface area (Å²) in [5, 5.41) is 12.2. The van der Waals surface area contributed by atoms with E-state index >= 15 is 0 Å². The third-order valence-electron chi connectivity index (χ3n) is 2.52. The number of rotatable bonds is 4. The van der Waals surface area contributed by atoms with Gasteiger partial charge in [0.2, 0.25) is 5.75 Å². The first-order valence-electron chi connectivity index (χ1n) is 5.48. The number of benzene rings is 2. The van der Waals surface area contributed by atoms with E-state index in [0.717, 1.165) is 5.56 Å². The SMILES string of the molecule is O=[N+]([O-])c1cccc(Cl)c1Oc1ccc(Cl)cc1CBr. The van der Waals surface area contributed by atoms with Crippen molar-refractivity contribution in [2.75, 3.05) is 0 Å². The van der Waals surface area contributed by atoms with Crippen LogP contribution in [0.15, 0.2) is 36.4 Å². The minimum atomic E-state index is -0.537. The van der Waals surface area contributed by atoms with Crippen molar-refractivity contribution in [1.82, 2.24) is 0 Å². The van der Waals surface area contributed by atoms with Crippen molar-refractivity contribution in [2.45, 2.75) is 5.33 Å². The van der Waals surface area contributed by atoms with Crippen LogP contribution < -0.4 is 4.74 Å². The second-order valence-electron chi connectivity index (χ2n) is 3.83. The molecular weight excluding hydrogens is 369 g/mol. The van der Waals surface area contributed by atoms with Gasteiger partial charge in [-0.1, -0.05) is 45.2 Å². The number of alkyl halides is 1. The fourth-order valence-corrected chi connectivity index (χ4v) is 2.45. The summed E-state index contributed by atoms with van der Waals surface area (Å²) in [6.07, 6.45) is 0. The van der Waals surface area contributed by atoms with Crippen LogP contribution in [0.5, 0.6) is 11.5 Å². The number of hydrogen-bond donors (Lipinski definition) is 0. The van der Waals surface area contributed by atoms with E-state index in [9.17, 15) is 10.1 Å². The fourth-order valence-electron chi connectivity index (χ4n) is 1.60. The Bertz CT molecular complexity index is 664. The molecule has 0 atom stereocenters. The number of ether oxygens (including phenoxy) is 1. The quantitative estimate of drug-likeness (QED) is 0.397. The zero-order valence-electron chi connectivity index (χ0n) is 9.98. The molecule has 104 valence electrons. The Hall–Kier alpha value is -1.30. The Morgan fingerprint density at radius 2 is 2.00 bits per heavy atom. The maximum Gasteiger partial charge on any atom is 0.313 e. The number of halogens is 3. The van der Waals surface area contributed by atoms with Crippen LogP contribution in [0.2, 0.25) is 10.0 Å². The molecule has 0 spiro atoms. The summed E-state index contributed by atoms with van der Waals surface area (Å²) >= 11 is 15.2. The fraction of sp³-hybridized carbons (Fsp3) is 0.0769. The maximum atomic E-state index is 11.0. The first kappa shape index (κ1) is 15.1. The summed E-state index contributed by atoms with van der Waals surface area (Å²) in [4.78, 5) is 10.5. The van der Waals surface area contributed by atoms with E-state index in [2.05, 4.69) is 15.9 Å². The molecule has 0 radical (unpaired) electrons. The zero-order chi connectivity index (χ0) is 14.7. The van der Waals surface area contributed by atoms with Crippen molar-refractivity contribution in [3.63, 3.8) is 0 Å². The van der Waals surface area contributed by atoms with Crippen LogP contribution in [0.1, 0.15) is 5.56 Å². The van der Waals surface area contributed by atoms with Gasteiger partial charge in [-0.3, -0.25) is 10.1 Å². The molecule has 0 aliphatic heterocycles. The summed E-state index contributed by atoms with van der Waals surface area (Å²) in [7, 11) is 0. The summed E-state index contributed by atoms with van der Waals surface area (Å²) in [5.74, 6) is 0.478. The van der Waals surface area contributed by atoms with E-state index < -0.39 is 4.92 Å². The van der Waals surface area contributed by atoms with Gasteiger partial charge < -0.3 is 4.74 Å². The number of nitro benzene ring substituents is 1. The predicted molar refractivity (Wildman–Crippen MR) is 82.3 cm³/mol. The molecule has 0 fully saturated rings. The molecule has 0 amide bonds. The minimum absolute atomic E-state index is 0.0173. The highest BCUT2D eigenvalue weighted by Gasteiger charge is 2.20. The molecule has 2 aromatic rings. The van der Waals surface area contributed by atoms with Gasteiger partial charge in [0.05, 0.1) is 9.95 Å². The largest absolute Gasteiger partial charge is 0.448 e. The highest BCUT2D eigenvalue weighted by molar-refractivity contribution is 9.08. The van der Waals surface area contributed by atoms with Crippen LogP contribution in [-0.2, 0) is 5.33 Å². The van der Waals surface area contributed by atoms with E-state index in [-0.39, 0.29) is 16.5 Å². The van der Waals surface area contributed by atoms with E-state index in [0.29, 0.717) is 16.1 Å². The summed E-state index contributed by atoms with van der Waals surface area (Å²) in [6.45, 7) is 0. The molecule has 0 aromatic heterocycles. The molecule has 0 bridgehead atoms. The number of nitrogens with zero attached hydrogens (tertiary/aromatic N) is 1. The van der Waals surface area contributed by atoms with Crippen molar-refractivity contribution in [2.24, 2.45) is 0 Å². The van der Waals surface area contributed by atoms with Crippen molar-refractivity contribution >= 4 is 44.8 Å². The molecule has 0 unspecified atom stereocenters. The van der Waals surface area contributed by atoms with Crippen LogP contribution in [0.4, 0.5) is 5.69 Å². The number of nitro groups is 1. The molecule has 2 rings (SSSR count). The minimum Gasteiger partial charge on any atom is -0.448 e. The van der Waals surface area contributed by atoms with Crippen LogP contribution >= 0.6 is 39.1 Å². The highest BCUT2D eigenvalue weighted by atomic mass is 79.9. The van der Waals surface area contributed by atoms with Crippen LogP contribution in [-0.4, -0.2) is 4.92 Å². The van der Waals surface area contributed by atoms with E-state index in [4.69, 9.17) is 27.9 Å². The number of para-hydroxylation sites is 1. The first-order chi connectivity index (χ1) is 9.52. The van der Waals surface area contributed by atoms with Gasteiger partial charge in [0.15, 0.2) is 0 Å². The van der Waals surface area contributed by atoms with Crippen LogP contribution in [0.3, 0.4) is 0 Å². The topological polar surface area (TPSA) is 52.4 Å². The van der Waals surface area contributed by atoms with Gasteiger partial charge >= 0.3 is 5.69 Å². The Morgan fingerprint density at radius 3 is 2.65 bits per heavy atom. The van der Waals surface area contributed by atoms with Crippen LogP contribution in [0.25, 0.3) is 0 Å². The molecule has 0 aliphatic rings. The summed E-state index contributed by atoms with van der Waals surface area (Å²) in [6, 6.07) is 9.38. The Kier molecular flexibility index (Phi) is 4.86. The van der Waals surface area contributed by atoms with E-state index in [1.807, 2.05) is 0 Å². The van der Waals surface area contributed by atoms with Gasteiger partial charge in [0.25, 0.3) is 0 Å². The highest BCUT2D eigenvalue weighted by Crippen LogP contribution is 2.39. The molecule has 0 saturated heterocycles. The van der Waals surface area contributed by atoms with Gasteiger partial charge in [-0.15, -0.1) is 0 Å². The third kappa shape index (κ3) is 3.23.